The number of hydrogen-bond donors (Lipinski definition) is 3. The molecule has 5 nitrogen and oxygen atoms in total. The molecule has 0 amide bonds. The number of halogens is 5. The van der Waals surface area contributed by atoms with Crippen LogP contribution in [0.4, 0.5) is 30.6 Å². The van der Waals surface area contributed by atoms with Crippen molar-refractivity contribution in [3.05, 3.63) is 38.6 Å². The van der Waals surface area contributed by atoms with Crippen LogP contribution in [0.3, 0.4) is 0 Å². The lowest BCUT2D eigenvalue weighted by Crippen LogP contribution is -2.15. The monoisotopic (exact) mass is 458 g/mol. The van der Waals surface area contributed by atoms with Gasteiger partial charge in [-0.05, 0) is 40.8 Å². The van der Waals surface area contributed by atoms with Crippen molar-refractivity contribution in [2.45, 2.75) is 6.18 Å². The number of aliphatic hydroxyl groups excluding tert-OH is 1. The molecule has 0 saturated heterocycles. The maximum atomic E-state index is 12.9. The second-order valence-corrected chi connectivity index (χ2v) is 6.01. The van der Waals surface area contributed by atoms with Crippen molar-refractivity contribution in [2.24, 2.45) is 0 Å². The van der Waals surface area contributed by atoms with E-state index in [0.717, 1.165) is 9.64 Å². The zero-order valence-electron chi connectivity index (χ0n) is 11.5. The Labute approximate surface area is 148 Å². The molecule has 3 N–H and O–H groups in total. The summed E-state index contributed by atoms with van der Waals surface area (Å²) in [5.41, 5.74) is -0.677. The van der Waals surface area contributed by atoms with Crippen LogP contribution in [-0.4, -0.2) is 28.2 Å². The first-order valence-electron chi connectivity index (χ1n) is 6.32. The summed E-state index contributed by atoms with van der Waals surface area (Å²) < 4.78 is 39.6. The summed E-state index contributed by atoms with van der Waals surface area (Å²) >= 11 is 8.12. The fourth-order valence-corrected chi connectivity index (χ4v) is 2.54. The standard InChI is InChI=1S/C13H11ClF3IN4O/c14-8-5-7(18)1-2-9(8)20-11-6-10(13(15,16)17)21-12(22-11)19-3-4-23/h1-2,5-6,23H,3-4H2,(H2,19,20,21,22). The number of rotatable bonds is 5. The molecule has 0 bridgehead atoms. The van der Waals surface area contributed by atoms with Gasteiger partial charge in [-0.25, -0.2) is 4.98 Å². The van der Waals surface area contributed by atoms with Crippen LogP contribution in [-0.2, 0) is 6.18 Å². The first-order valence-corrected chi connectivity index (χ1v) is 7.78. The molecule has 0 atom stereocenters. The summed E-state index contributed by atoms with van der Waals surface area (Å²) in [7, 11) is 0. The van der Waals surface area contributed by atoms with Gasteiger partial charge in [-0.2, -0.15) is 18.2 Å². The Morgan fingerprint density at radius 2 is 1.96 bits per heavy atom. The zero-order chi connectivity index (χ0) is 17.0. The largest absolute Gasteiger partial charge is 0.433 e. The van der Waals surface area contributed by atoms with Gasteiger partial charge in [0.25, 0.3) is 0 Å². The second kappa shape index (κ2) is 7.49. The van der Waals surface area contributed by atoms with Gasteiger partial charge in [0.15, 0.2) is 5.69 Å². The molecule has 0 spiro atoms. The maximum Gasteiger partial charge on any atom is 0.433 e. The van der Waals surface area contributed by atoms with E-state index in [9.17, 15) is 13.2 Å². The van der Waals surface area contributed by atoms with E-state index >= 15 is 0 Å². The van der Waals surface area contributed by atoms with Crippen LogP contribution in [0, 0.1) is 3.57 Å². The fraction of sp³-hybridized carbons (Fsp3) is 0.231. The maximum absolute atomic E-state index is 12.9. The molecule has 1 aromatic heterocycles. The Hall–Kier alpha value is -1.33. The van der Waals surface area contributed by atoms with Crippen molar-refractivity contribution in [2.75, 3.05) is 23.8 Å². The van der Waals surface area contributed by atoms with Crippen molar-refractivity contribution < 1.29 is 18.3 Å². The Morgan fingerprint density at radius 3 is 2.57 bits per heavy atom. The van der Waals surface area contributed by atoms with Gasteiger partial charge in [0.2, 0.25) is 5.95 Å². The van der Waals surface area contributed by atoms with E-state index in [1.54, 1.807) is 18.2 Å². The topological polar surface area (TPSA) is 70.1 Å². The number of aromatic nitrogens is 2. The number of aliphatic hydroxyl groups is 1. The molecular formula is C13H11ClF3IN4O. The average molecular weight is 459 g/mol. The van der Waals surface area contributed by atoms with Crippen LogP contribution in [0.15, 0.2) is 24.3 Å². The molecular weight excluding hydrogens is 448 g/mol. The summed E-state index contributed by atoms with van der Waals surface area (Å²) in [6, 6.07) is 5.85. The Bertz CT molecular complexity index is 699. The van der Waals surface area contributed by atoms with Crippen molar-refractivity contribution in [1.82, 2.24) is 9.97 Å². The van der Waals surface area contributed by atoms with Crippen molar-refractivity contribution in [1.29, 1.82) is 0 Å². The number of nitrogens with one attached hydrogen (secondary N) is 2. The minimum Gasteiger partial charge on any atom is -0.395 e. The Morgan fingerprint density at radius 1 is 1.22 bits per heavy atom. The van der Waals surface area contributed by atoms with Crippen LogP contribution in [0.1, 0.15) is 5.69 Å². The highest BCUT2D eigenvalue weighted by Gasteiger charge is 2.33. The summed E-state index contributed by atoms with van der Waals surface area (Å²) in [4.78, 5) is 7.33. The molecule has 2 rings (SSSR count). The number of hydrogen-bond acceptors (Lipinski definition) is 5. The highest BCUT2D eigenvalue weighted by Crippen LogP contribution is 2.32. The normalized spacial score (nSPS) is 11.4. The third-order valence-corrected chi connectivity index (χ3v) is 3.59. The van der Waals surface area contributed by atoms with E-state index in [-0.39, 0.29) is 24.9 Å². The van der Waals surface area contributed by atoms with Crippen molar-refractivity contribution in [3.8, 4) is 0 Å². The highest BCUT2D eigenvalue weighted by molar-refractivity contribution is 14.1. The van der Waals surface area contributed by atoms with E-state index in [4.69, 9.17) is 16.7 Å². The molecule has 23 heavy (non-hydrogen) atoms. The molecule has 0 unspecified atom stereocenters. The summed E-state index contributed by atoms with van der Waals surface area (Å²) in [6.45, 7) is -0.226. The molecule has 1 heterocycles. The number of benzene rings is 1. The SMILES string of the molecule is OCCNc1nc(Nc2ccc(I)cc2Cl)cc(C(F)(F)F)n1. The van der Waals surface area contributed by atoms with Crippen LogP contribution >= 0.6 is 34.2 Å². The smallest absolute Gasteiger partial charge is 0.395 e. The van der Waals surface area contributed by atoms with Gasteiger partial charge in [0.1, 0.15) is 5.82 Å². The van der Waals surface area contributed by atoms with Crippen LogP contribution in [0.25, 0.3) is 0 Å². The van der Waals surface area contributed by atoms with Gasteiger partial charge in [-0.1, -0.05) is 11.6 Å². The van der Waals surface area contributed by atoms with E-state index in [0.29, 0.717) is 10.7 Å². The van der Waals surface area contributed by atoms with E-state index in [1.807, 2.05) is 0 Å². The molecule has 0 radical (unpaired) electrons. The lowest BCUT2D eigenvalue weighted by molar-refractivity contribution is -0.141. The third-order valence-electron chi connectivity index (χ3n) is 2.61. The first kappa shape index (κ1) is 18.0. The van der Waals surface area contributed by atoms with E-state index < -0.39 is 11.9 Å². The Kier molecular flexibility index (Phi) is 5.87. The minimum atomic E-state index is -4.62. The van der Waals surface area contributed by atoms with Gasteiger partial charge in [-0.15, -0.1) is 0 Å². The number of nitrogens with zero attached hydrogens (tertiary/aromatic N) is 2. The third kappa shape index (κ3) is 5.08. The lowest BCUT2D eigenvalue weighted by atomic mass is 10.3. The van der Waals surface area contributed by atoms with Crippen LogP contribution in [0.2, 0.25) is 5.02 Å². The highest BCUT2D eigenvalue weighted by atomic mass is 127. The number of anilines is 3. The number of alkyl halides is 3. The van der Waals surface area contributed by atoms with Crippen molar-refractivity contribution >= 4 is 51.6 Å². The molecule has 2 aromatic rings. The molecule has 0 aliphatic rings. The lowest BCUT2D eigenvalue weighted by Gasteiger charge is -2.13. The molecule has 0 aliphatic carbocycles. The molecule has 0 saturated carbocycles. The summed E-state index contributed by atoms with van der Waals surface area (Å²) in [5.74, 6) is -0.297. The molecule has 124 valence electrons. The van der Waals surface area contributed by atoms with E-state index in [1.165, 1.54) is 0 Å². The molecule has 1 aromatic carbocycles. The van der Waals surface area contributed by atoms with Gasteiger partial charge in [0.05, 0.1) is 17.3 Å². The second-order valence-electron chi connectivity index (χ2n) is 4.36. The van der Waals surface area contributed by atoms with Gasteiger partial charge < -0.3 is 15.7 Å². The average Bonchev–Trinajstić information content (AvgIpc) is 2.47. The molecule has 0 aliphatic heterocycles. The predicted octanol–water partition coefficient (Wildman–Crippen LogP) is 3.90. The van der Waals surface area contributed by atoms with Gasteiger partial charge in [0, 0.05) is 16.2 Å². The van der Waals surface area contributed by atoms with E-state index in [2.05, 4.69) is 43.2 Å². The predicted molar refractivity (Wildman–Crippen MR) is 90.1 cm³/mol. The first-order chi connectivity index (χ1) is 10.8. The summed E-state index contributed by atoms with van der Waals surface area (Å²) in [6.07, 6.45) is -4.62. The fourth-order valence-electron chi connectivity index (χ4n) is 1.63. The zero-order valence-corrected chi connectivity index (χ0v) is 14.4. The van der Waals surface area contributed by atoms with Gasteiger partial charge in [-0.3, -0.25) is 0 Å². The van der Waals surface area contributed by atoms with Crippen LogP contribution < -0.4 is 10.6 Å². The summed E-state index contributed by atoms with van der Waals surface area (Å²) in [5, 5.41) is 14.4. The van der Waals surface area contributed by atoms with Crippen molar-refractivity contribution in [3.63, 3.8) is 0 Å². The minimum absolute atomic E-state index is 0.0328. The molecule has 0 fully saturated rings. The molecule has 10 heteroatoms. The quantitative estimate of drug-likeness (QED) is 0.593. The Balaban J connectivity index is 2.36. The van der Waals surface area contributed by atoms with Gasteiger partial charge >= 0.3 is 6.18 Å². The van der Waals surface area contributed by atoms with Crippen LogP contribution in [0.5, 0.6) is 0 Å².